The Labute approximate surface area is 175 Å². The molecule has 0 radical (unpaired) electrons. The van der Waals surface area contributed by atoms with Crippen molar-refractivity contribution in [3.63, 3.8) is 0 Å². The molecule has 1 heterocycles. The zero-order chi connectivity index (χ0) is 20.8. The van der Waals surface area contributed by atoms with E-state index >= 15 is 0 Å². The molecule has 5 heteroatoms. The molecule has 1 amide bonds. The SMILES string of the molecule is Cc1ccc(Cn2nccc2NC(=O)COc2ccccc2-c2ccccc2)cc1. The molecule has 1 aromatic heterocycles. The fourth-order valence-corrected chi connectivity index (χ4v) is 3.20. The second-order valence-electron chi connectivity index (χ2n) is 7.06. The Hall–Kier alpha value is -3.86. The van der Waals surface area contributed by atoms with Crippen molar-refractivity contribution < 1.29 is 9.53 Å². The summed E-state index contributed by atoms with van der Waals surface area (Å²) in [5.74, 6) is 1.08. The van der Waals surface area contributed by atoms with Crippen LogP contribution in [0.3, 0.4) is 0 Å². The first kappa shape index (κ1) is 19.5. The number of anilines is 1. The molecule has 0 spiro atoms. The number of hydrogen-bond acceptors (Lipinski definition) is 3. The molecule has 0 saturated carbocycles. The van der Waals surface area contributed by atoms with E-state index in [9.17, 15) is 4.79 Å². The van der Waals surface area contributed by atoms with Gasteiger partial charge in [0.2, 0.25) is 0 Å². The van der Waals surface area contributed by atoms with Crippen molar-refractivity contribution in [1.29, 1.82) is 0 Å². The number of carbonyl (C=O) groups excluding carboxylic acids is 1. The number of aromatic nitrogens is 2. The molecule has 5 nitrogen and oxygen atoms in total. The summed E-state index contributed by atoms with van der Waals surface area (Å²) in [5.41, 5.74) is 4.33. The molecule has 150 valence electrons. The number of para-hydroxylation sites is 1. The van der Waals surface area contributed by atoms with Crippen LogP contribution in [0.1, 0.15) is 11.1 Å². The first-order chi connectivity index (χ1) is 14.7. The van der Waals surface area contributed by atoms with Gasteiger partial charge in [0.15, 0.2) is 6.61 Å². The fraction of sp³-hybridized carbons (Fsp3) is 0.120. The normalized spacial score (nSPS) is 10.6. The second kappa shape index (κ2) is 9.09. The lowest BCUT2D eigenvalue weighted by Gasteiger charge is -2.13. The van der Waals surface area contributed by atoms with Crippen LogP contribution < -0.4 is 10.1 Å². The van der Waals surface area contributed by atoms with Crippen LogP contribution in [0.15, 0.2) is 91.1 Å². The highest BCUT2D eigenvalue weighted by Crippen LogP contribution is 2.29. The number of amides is 1. The summed E-state index contributed by atoms with van der Waals surface area (Å²) in [6.45, 7) is 2.55. The lowest BCUT2D eigenvalue weighted by atomic mass is 10.1. The minimum Gasteiger partial charge on any atom is -0.483 e. The summed E-state index contributed by atoms with van der Waals surface area (Å²) in [6, 6.07) is 27.7. The van der Waals surface area contributed by atoms with Crippen LogP contribution in [0, 0.1) is 6.92 Å². The average Bonchev–Trinajstić information content (AvgIpc) is 3.21. The van der Waals surface area contributed by atoms with E-state index in [4.69, 9.17) is 4.74 Å². The number of benzene rings is 3. The monoisotopic (exact) mass is 397 g/mol. The first-order valence-electron chi connectivity index (χ1n) is 9.83. The van der Waals surface area contributed by atoms with E-state index in [1.165, 1.54) is 5.56 Å². The highest BCUT2D eigenvalue weighted by Gasteiger charge is 2.11. The molecular weight excluding hydrogens is 374 g/mol. The highest BCUT2D eigenvalue weighted by atomic mass is 16.5. The summed E-state index contributed by atoms with van der Waals surface area (Å²) >= 11 is 0. The number of carbonyl (C=O) groups is 1. The van der Waals surface area contributed by atoms with Gasteiger partial charge in [-0.3, -0.25) is 4.79 Å². The minimum absolute atomic E-state index is 0.0838. The largest absolute Gasteiger partial charge is 0.483 e. The van der Waals surface area contributed by atoms with E-state index < -0.39 is 0 Å². The van der Waals surface area contributed by atoms with E-state index in [1.54, 1.807) is 16.9 Å². The van der Waals surface area contributed by atoms with Crippen LogP contribution in [0.4, 0.5) is 5.82 Å². The highest BCUT2D eigenvalue weighted by molar-refractivity contribution is 5.91. The van der Waals surface area contributed by atoms with Crippen molar-refractivity contribution in [1.82, 2.24) is 9.78 Å². The Morgan fingerprint density at radius 3 is 2.47 bits per heavy atom. The molecule has 0 bridgehead atoms. The van der Waals surface area contributed by atoms with Crippen LogP contribution in [0.5, 0.6) is 5.75 Å². The number of ether oxygens (including phenoxy) is 1. The molecule has 3 aromatic carbocycles. The van der Waals surface area contributed by atoms with Crippen molar-refractivity contribution in [2.45, 2.75) is 13.5 Å². The second-order valence-corrected chi connectivity index (χ2v) is 7.06. The predicted octanol–water partition coefficient (Wildman–Crippen LogP) is 4.92. The zero-order valence-electron chi connectivity index (χ0n) is 16.8. The Balaban J connectivity index is 1.40. The van der Waals surface area contributed by atoms with Gasteiger partial charge in [0.05, 0.1) is 12.7 Å². The van der Waals surface area contributed by atoms with Crippen molar-refractivity contribution in [3.8, 4) is 16.9 Å². The maximum atomic E-state index is 12.5. The van der Waals surface area contributed by atoms with Crippen LogP contribution in [0.2, 0.25) is 0 Å². The topological polar surface area (TPSA) is 56.2 Å². The summed E-state index contributed by atoms with van der Waals surface area (Å²) in [7, 11) is 0. The Kier molecular flexibility index (Phi) is 5.90. The molecule has 4 aromatic rings. The molecule has 4 rings (SSSR count). The number of nitrogens with zero attached hydrogens (tertiary/aromatic N) is 2. The first-order valence-corrected chi connectivity index (χ1v) is 9.83. The van der Waals surface area contributed by atoms with Crippen LogP contribution >= 0.6 is 0 Å². The predicted molar refractivity (Wildman–Crippen MR) is 119 cm³/mol. The smallest absolute Gasteiger partial charge is 0.263 e. The van der Waals surface area contributed by atoms with Gasteiger partial charge in [-0.25, -0.2) is 4.68 Å². The molecule has 0 aliphatic heterocycles. The number of nitrogens with one attached hydrogen (secondary N) is 1. The van der Waals surface area contributed by atoms with Gasteiger partial charge < -0.3 is 10.1 Å². The Morgan fingerprint density at radius 1 is 0.933 bits per heavy atom. The summed E-state index contributed by atoms with van der Waals surface area (Å²) in [6.07, 6.45) is 1.68. The number of hydrogen-bond donors (Lipinski definition) is 1. The standard InChI is InChI=1S/C25H23N3O2/c1-19-11-13-20(14-12-19)17-28-24(15-16-26-28)27-25(29)18-30-23-10-6-5-9-22(23)21-7-3-2-4-8-21/h2-16H,17-18H2,1H3,(H,27,29). The van der Waals surface area contributed by atoms with Gasteiger partial charge in [-0.05, 0) is 24.1 Å². The zero-order valence-corrected chi connectivity index (χ0v) is 16.8. The van der Waals surface area contributed by atoms with E-state index in [2.05, 4.69) is 41.6 Å². The van der Waals surface area contributed by atoms with Gasteiger partial charge in [0, 0.05) is 11.6 Å². The molecular formula is C25H23N3O2. The van der Waals surface area contributed by atoms with Crippen molar-refractivity contribution >= 4 is 11.7 Å². The van der Waals surface area contributed by atoms with Crippen LogP contribution in [0.25, 0.3) is 11.1 Å². The fourth-order valence-electron chi connectivity index (χ4n) is 3.20. The van der Waals surface area contributed by atoms with Gasteiger partial charge in [-0.2, -0.15) is 5.10 Å². The lowest BCUT2D eigenvalue weighted by Crippen LogP contribution is -2.22. The third kappa shape index (κ3) is 4.75. The van der Waals surface area contributed by atoms with Gasteiger partial charge in [0.25, 0.3) is 5.91 Å². The summed E-state index contributed by atoms with van der Waals surface area (Å²) < 4.78 is 7.60. The number of rotatable bonds is 7. The van der Waals surface area contributed by atoms with E-state index in [1.807, 2.05) is 54.6 Å². The molecule has 30 heavy (non-hydrogen) atoms. The molecule has 0 saturated heterocycles. The third-order valence-corrected chi connectivity index (χ3v) is 4.77. The van der Waals surface area contributed by atoms with Crippen LogP contribution in [-0.2, 0) is 11.3 Å². The van der Waals surface area contributed by atoms with Crippen LogP contribution in [-0.4, -0.2) is 22.3 Å². The minimum atomic E-state index is -0.233. The van der Waals surface area contributed by atoms with Gasteiger partial charge in [-0.1, -0.05) is 78.4 Å². The third-order valence-electron chi connectivity index (χ3n) is 4.77. The van der Waals surface area contributed by atoms with Crippen molar-refractivity contribution in [3.05, 3.63) is 102 Å². The quantitative estimate of drug-likeness (QED) is 0.481. The number of aryl methyl sites for hydroxylation is 1. The maximum absolute atomic E-state index is 12.5. The van der Waals surface area contributed by atoms with E-state index in [0.717, 1.165) is 16.7 Å². The summed E-state index contributed by atoms with van der Waals surface area (Å²) in [5, 5.41) is 7.21. The molecule has 0 atom stereocenters. The average molecular weight is 397 g/mol. The Bertz CT molecular complexity index is 1120. The molecule has 0 fully saturated rings. The molecule has 0 aliphatic carbocycles. The van der Waals surface area contributed by atoms with Gasteiger partial charge >= 0.3 is 0 Å². The molecule has 0 unspecified atom stereocenters. The lowest BCUT2D eigenvalue weighted by molar-refractivity contribution is -0.118. The van der Waals surface area contributed by atoms with E-state index in [-0.39, 0.29) is 12.5 Å². The van der Waals surface area contributed by atoms with Crippen molar-refractivity contribution in [2.75, 3.05) is 11.9 Å². The van der Waals surface area contributed by atoms with Gasteiger partial charge in [-0.15, -0.1) is 0 Å². The van der Waals surface area contributed by atoms with Gasteiger partial charge in [0.1, 0.15) is 11.6 Å². The molecule has 0 aliphatic rings. The van der Waals surface area contributed by atoms with E-state index in [0.29, 0.717) is 18.1 Å². The maximum Gasteiger partial charge on any atom is 0.263 e. The summed E-state index contributed by atoms with van der Waals surface area (Å²) in [4.78, 5) is 12.5. The van der Waals surface area contributed by atoms with Crippen molar-refractivity contribution in [2.24, 2.45) is 0 Å². The molecule has 1 N–H and O–H groups in total. The Morgan fingerprint density at radius 2 is 1.67 bits per heavy atom.